The summed E-state index contributed by atoms with van der Waals surface area (Å²) < 4.78 is 7.29. The number of nitrogens with zero attached hydrogens (tertiary/aromatic N) is 4. The fraction of sp³-hybridized carbons (Fsp3) is 0.154. The fourth-order valence-corrected chi connectivity index (χ4v) is 4.05. The highest BCUT2D eigenvalue weighted by Gasteiger charge is 2.28. The number of carbonyl (C=O) groups excluding carboxylic acids is 1. The molecule has 7 heteroatoms. The minimum absolute atomic E-state index is 0.0633. The average molecular weight is 438 g/mol. The van der Waals surface area contributed by atoms with Gasteiger partial charge in [0.05, 0.1) is 0 Å². The molecule has 5 rings (SSSR count). The molecule has 33 heavy (non-hydrogen) atoms. The second-order valence-electron chi connectivity index (χ2n) is 7.73. The fourth-order valence-electron chi connectivity index (χ4n) is 4.05. The van der Waals surface area contributed by atoms with E-state index in [9.17, 15) is 4.79 Å². The van der Waals surface area contributed by atoms with Crippen molar-refractivity contribution in [3.63, 3.8) is 0 Å². The molecule has 1 aliphatic carbocycles. The van der Waals surface area contributed by atoms with E-state index in [2.05, 4.69) is 44.5 Å². The molecule has 0 saturated carbocycles. The Balaban J connectivity index is 1.09. The highest BCUT2D eigenvalue weighted by atomic mass is 16.5. The van der Waals surface area contributed by atoms with E-state index in [1.165, 1.54) is 22.3 Å². The van der Waals surface area contributed by atoms with E-state index in [-0.39, 0.29) is 5.92 Å². The topological polar surface area (TPSA) is 81.9 Å². The lowest BCUT2D eigenvalue weighted by molar-refractivity contribution is 0.143. The van der Waals surface area contributed by atoms with Gasteiger partial charge in [-0.2, -0.15) is 0 Å². The van der Waals surface area contributed by atoms with E-state index in [0.29, 0.717) is 25.5 Å². The summed E-state index contributed by atoms with van der Waals surface area (Å²) in [5.41, 5.74) is 5.73. The molecule has 0 atom stereocenters. The third kappa shape index (κ3) is 4.52. The number of ether oxygens (including phenoxy) is 1. The first-order valence-corrected chi connectivity index (χ1v) is 10.9. The van der Waals surface area contributed by atoms with Gasteiger partial charge in [0, 0.05) is 42.8 Å². The van der Waals surface area contributed by atoms with E-state index in [0.717, 1.165) is 5.56 Å². The molecule has 1 aliphatic rings. The molecule has 164 valence electrons. The van der Waals surface area contributed by atoms with Gasteiger partial charge in [0.25, 0.3) is 0 Å². The van der Waals surface area contributed by atoms with Gasteiger partial charge in [-0.3, -0.25) is 4.57 Å². The van der Waals surface area contributed by atoms with Crippen LogP contribution in [0.5, 0.6) is 0 Å². The Morgan fingerprint density at radius 2 is 1.73 bits per heavy atom. The zero-order chi connectivity index (χ0) is 22.5. The lowest BCUT2D eigenvalue weighted by Crippen LogP contribution is -2.26. The Morgan fingerprint density at radius 3 is 2.39 bits per heavy atom. The number of fused-ring (bicyclic) bond motifs is 3. The highest BCUT2D eigenvalue weighted by Crippen LogP contribution is 2.44. The number of rotatable bonds is 7. The molecular weight excluding hydrogens is 414 g/mol. The molecule has 0 saturated heterocycles. The molecule has 2 heterocycles. The lowest BCUT2D eigenvalue weighted by Gasteiger charge is -2.14. The molecular formula is C26H23N5O2. The van der Waals surface area contributed by atoms with Gasteiger partial charge in [-0.25, -0.2) is 19.7 Å². The minimum Gasteiger partial charge on any atom is -0.449 e. The molecule has 0 fully saturated rings. The van der Waals surface area contributed by atoms with Gasteiger partial charge < -0.3 is 10.1 Å². The monoisotopic (exact) mass is 437 g/mol. The molecule has 0 spiro atoms. The molecule has 0 unspecified atom stereocenters. The van der Waals surface area contributed by atoms with Crippen molar-refractivity contribution in [2.75, 3.05) is 13.2 Å². The van der Waals surface area contributed by atoms with Crippen molar-refractivity contribution in [3.8, 4) is 17.1 Å². The average Bonchev–Trinajstić information content (AvgIpc) is 3.50. The van der Waals surface area contributed by atoms with Gasteiger partial charge in [-0.05, 0) is 28.7 Å². The number of benzene rings is 2. The summed E-state index contributed by atoms with van der Waals surface area (Å²) >= 11 is 0. The molecule has 2 aromatic carbocycles. The number of aromatic nitrogens is 4. The third-order valence-corrected chi connectivity index (χ3v) is 5.63. The molecule has 2 aromatic heterocycles. The van der Waals surface area contributed by atoms with Crippen LogP contribution in [0.2, 0.25) is 0 Å². The van der Waals surface area contributed by atoms with Crippen LogP contribution >= 0.6 is 0 Å². The second-order valence-corrected chi connectivity index (χ2v) is 7.73. The van der Waals surface area contributed by atoms with Crippen LogP contribution in [0.15, 0.2) is 85.7 Å². The van der Waals surface area contributed by atoms with Gasteiger partial charge in [0.2, 0.25) is 5.95 Å². The van der Waals surface area contributed by atoms with Crippen molar-refractivity contribution in [1.29, 1.82) is 0 Å². The Bertz CT molecular complexity index is 1220. The summed E-state index contributed by atoms with van der Waals surface area (Å²) in [6.45, 7) is 0.803. The highest BCUT2D eigenvalue weighted by molar-refractivity contribution is 5.79. The molecule has 1 N–H and O–H groups in total. The van der Waals surface area contributed by atoms with Crippen LogP contribution in [0.4, 0.5) is 4.79 Å². The summed E-state index contributed by atoms with van der Waals surface area (Å²) in [5, 5.41) is 2.81. The first kappa shape index (κ1) is 20.6. The third-order valence-electron chi connectivity index (χ3n) is 5.63. The number of hydrogen-bond donors (Lipinski definition) is 1. The predicted octanol–water partition coefficient (Wildman–Crippen LogP) is 4.60. The largest absolute Gasteiger partial charge is 0.449 e. The SMILES string of the molecule is O=C(NCCC=Cc1cnc(-n2ccnc2)nc1)OCC1c2ccccc2-c2ccccc21. The number of alkyl carbamates (subject to hydrolysis) is 1. The Hall–Kier alpha value is -4.26. The molecule has 1 amide bonds. The maximum Gasteiger partial charge on any atom is 0.407 e. The van der Waals surface area contributed by atoms with E-state index in [1.807, 2.05) is 36.4 Å². The van der Waals surface area contributed by atoms with E-state index in [1.54, 1.807) is 35.7 Å². The normalized spacial score (nSPS) is 12.5. The smallest absolute Gasteiger partial charge is 0.407 e. The van der Waals surface area contributed by atoms with Gasteiger partial charge in [-0.15, -0.1) is 0 Å². The zero-order valence-electron chi connectivity index (χ0n) is 18.0. The number of carbonyl (C=O) groups is 1. The molecule has 0 bridgehead atoms. The Labute approximate surface area is 191 Å². The number of hydrogen-bond acceptors (Lipinski definition) is 5. The maximum absolute atomic E-state index is 12.2. The standard InChI is InChI=1S/C26H23N5O2/c32-26(28-12-6-5-7-19-15-29-25(30-16-19)31-14-13-27-18-31)33-17-24-22-10-3-1-8-20(22)21-9-2-4-11-23(21)24/h1-5,7-11,13-16,18,24H,6,12,17H2,(H,28,32). The van der Waals surface area contributed by atoms with Gasteiger partial charge >= 0.3 is 6.09 Å². The summed E-state index contributed by atoms with van der Waals surface area (Å²) in [5.74, 6) is 0.634. The maximum atomic E-state index is 12.2. The van der Waals surface area contributed by atoms with Gasteiger partial charge in [0.1, 0.15) is 12.9 Å². The summed E-state index contributed by atoms with van der Waals surface area (Å²) in [6.07, 6.45) is 12.8. The van der Waals surface area contributed by atoms with E-state index in [4.69, 9.17) is 4.74 Å². The molecule has 4 aromatic rings. The van der Waals surface area contributed by atoms with Crippen LogP contribution in [0.1, 0.15) is 29.0 Å². The number of amides is 1. The summed E-state index contributed by atoms with van der Waals surface area (Å²) in [7, 11) is 0. The van der Waals surface area contributed by atoms with Crippen molar-refractivity contribution < 1.29 is 9.53 Å². The van der Waals surface area contributed by atoms with Crippen molar-refractivity contribution >= 4 is 12.2 Å². The predicted molar refractivity (Wildman–Crippen MR) is 126 cm³/mol. The van der Waals surface area contributed by atoms with Crippen LogP contribution in [-0.2, 0) is 4.74 Å². The Kier molecular flexibility index (Phi) is 5.93. The second kappa shape index (κ2) is 9.48. The lowest BCUT2D eigenvalue weighted by atomic mass is 9.98. The van der Waals surface area contributed by atoms with E-state index < -0.39 is 6.09 Å². The summed E-state index contributed by atoms with van der Waals surface area (Å²) in [6, 6.07) is 16.6. The first-order valence-electron chi connectivity index (χ1n) is 10.9. The van der Waals surface area contributed by atoms with Crippen molar-refractivity contribution in [1.82, 2.24) is 24.8 Å². The van der Waals surface area contributed by atoms with Crippen LogP contribution in [-0.4, -0.2) is 38.8 Å². The van der Waals surface area contributed by atoms with Crippen molar-refractivity contribution in [2.24, 2.45) is 0 Å². The van der Waals surface area contributed by atoms with Crippen LogP contribution in [0, 0.1) is 0 Å². The van der Waals surface area contributed by atoms with Gasteiger partial charge in [-0.1, -0.05) is 60.7 Å². The van der Waals surface area contributed by atoms with Gasteiger partial charge in [0.15, 0.2) is 0 Å². The van der Waals surface area contributed by atoms with Crippen molar-refractivity contribution in [3.05, 3.63) is 102 Å². The molecule has 7 nitrogen and oxygen atoms in total. The Morgan fingerprint density at radius 1 is 1.03 bits per heavy atom. The molecule has 0 aliphatic heterocycles. The minimum atomic E-state index is -0.404. The van der Waals surface area contributed by atoms with E-state index >= 15 is 0 Å². The molecule has 0 radical (unpaired) electrons. The quantitative estimate of drug-likeness (QED) is 0.427. The van der Waals surface area contributed by atoms with Crippen LogP contribution < -0.4 is 5.32 Å². The van der Waals surface area contributed by atoms with Crippen LogP contribution in [0.3, 0.4) is 0 Å². The number of nitrogens with one attached hydrogen (secondary N) is 1. The zero-order valence-corrected chi connectivity index (χ0v) is 18.0. The van der Waals surface area contributed by atoms with Crippen molar-refractivity contribution in [2.45, 2.75) is 12.3 Å². The first-order chi connectivity index (χ1) is 16.3. The summed E-state index contributed by atoms with van der Waals surface area (Å²) in [4.78, 5) is 24.8. The van der Waals surface area contributed by atoms with Crippen LogP contribution in [0.25, 0.3) is 23.2 Å². The number of imidazole rings is 1.